The van der Waals surface area contributed by atoms with Crippen LogP contribution in [0.1, 0.15) is 34.8 Å². The van der Waals surface area contributed by atoms with Gasteiger partial charge in [0, 0.05) is 24.1 Å². The molecule has 10 nitrogen and oxygen atoms in total. The Labute approximate surface area is 189 Å². The molecule has 1 aliphatic heterocycles. The molecule has 4 heterocycles. The zero-order chi connectivity index (χ0) is 22.8. The van der Waals surface area contributed by atoms with E-state index in [0.29, 0.717) is 41.4 Å². The SMILES string of the molecule is Cc1ccc(-c2noc(CNC(=O)[C@@H]3CCCO3)n2)cc1NC(=O)c1cnc2ccccn12. The van der Waals surface area contributed by atoms with Gasteiger partial charge in [-0.25, -0.2) is 4.98 Å². The second-order valence-electron chi connectivity index (χ2n) is 7.79. The summed E-state index contributed by atoms with van der Waals surface area (Å²) in [5.74, 6) is 0.189. The van der Waals surface area contributed by atoms with Crippen molar-refractivity contribution >= 4 is 23.1 Å². The highest BCUT2D eigenvalue weighted by Gasteiger charge is 2.23. The first-order valence-corrected chi connectivity index (χ1v) is 10.6. The second kappa shape index (κ2) is 8.83. The summed E-state index contributed by atoms with van der Waals surface area (Å²) in [6.07, 6.45) is 4.52. The van der Waals surface area contributed by atoms with E-state index in [1.807, 2.05) is 37.3 Å². The minimum absolute atomic E-state index is 0.120. The number of amides is 2. The summed E-state index contributed by atoms with van der Waals surface area (Å²) in [6.45, 7) is 2.62. The Hall–Kier alpha value is -4.05. The van der Waals surface area contributed by atoms with Crippen LogP contribution in [0.4, 0.5) is 5.69 Å². The first kappa shape index (κ1) is 20.8. The van der Waals surface area contributed by atoms with Crippen molar-refractivity contribution in [3.63, 3.8) is 0 Å². The van der Waals surface area contributed by atoms with Gasteiger partial charge in [-0.3, -0.25) is 14.0 Å². The molecule has 0 bridgehead atoms. The van der Waals surface area contributed by atoms with E-state index in [1.54, 1.807) is 22.9 Å². The number of carbonyl (C=O) groups excluding carboxylic acids is 2. The summed E-state index contributed by atoms with van der Waals surface area (Å²) >= 11 is 0. The van der Waals surface area contributed by atoms with E-state index < -0.39 is 6.10 Å². The fourth-order valence-electron chi connectivity index (χ4n) is 3.69. The van der Waals surface area contributed by atoms with E-state index in [1.165, 1.54) is 0 Å². The van der Waals surface area contributed by atoms with Crippen molar-refractivity contribution in [3.05, 3.63) is 65.9 Å². The fourth-order valence-corrected chi connectivity index (χ4v) is 3.69. The smallest absolute Gasteiger partial charge is 0.274 e. The molecule has 0 saturated carbocycles. The number of ether oxygens (including phenoxy) is 1. The summed E-state index contributed by atoms with van der Waals surface area (Å²) in [6, 6.07) is 11.0. The van der Waals surface area contributed by atoms with Gasteiger partial charge in [0.15, 0.2) is 0 Å². The Balaban J connectivity index is 1.29. The van der Waals surface area contributed by atoms with Crippen LogP contribution in [0.2, 0.25) is 0 Å². The van der Waals surface area contributed by atoms with Crippen molar-refractivity contribution in [1.82, 2.24) is 24.8 Å². The first-order chi connectivity index (χ1) is 16.1. The highest BCUT2D eigenvalue weighted by molar-refractivity contribution is 6.04. The average Bonchev–Trinajstić information content (AvgIpc) is 3.59. The lowest BCUT2D eigenvalue weighted by Crippen LogP contribution is -2.33. The van der Waals surface area contributed by atoms with E-state index in [0.717, 1.165) is 12.0 Å². The molecule has 4 aromatic rings. The van der Waals surface area contributed by atoms with Gasteiger partial charge >= 0.3 is 0 Å². The lowest BCUT2D eigenvalue weighted by Gasteiger charge is -2.09. The number of rotatable bonds is 6. The Morgan fingerprint density at radius 3 is 3.00 bits per heavy atom. The number of carbonyl (C=O) groups is 2. The molecule has 10 heteroatoms. The lowest BCUT2D eigenvalue weighted by molar-refractivity contribution is -0.130. The highest BCUT2D eigenvalue weighted by Crippen LogP contribution is 2.24. The molecule has 0 spiro atoms. The molecular weight excluding hydrogens is 424 g/mol. The van der Waals surface area contributed by atoms with Gasteiger partial charge in [-0.15, -0.1) is 0 Å². The minimum atomic E-state index is -0.413. The van der Waals surface area contributed by atoms with Crippen LogP contribution in [0.5, 0.6) is 0 Å². The Kier molecular flexibility index (Phi) is 5.57. The normalized spacial score (nSPS) is 15.6. The third-order valence-corrected chi connectivity index (χ3v) is 5.50. The topological polar surface area (TPSA) is 124 Å². The van der Waals surface area contributed by atoms with Crippen LogP contribution in [-0.2, 0) is 16.1 Å². The van der Waals surface area contributed by atoms with Crippen molar-refractivity contribution in [2.75, 3.05) is 11.9 Å². The third-order valence-electron chi connectivity index (χ3n) is 5.50. The van der Waals surface area contributed by atoms with Crippen LogP contribution >= 0.6 is 0 Å². The van der Waals surface area contributed by atoms with Crippen LogP contribution in [0.25, 0.3) is 17.0 Å². The molecule has 1 saturated heterocycles. The molecule has 1 fully saturated rings. The van der Waals surface area contributed by atoms with Gasteiger partial charge in [-0.05, 0) is 43.5 Å². The van der Waals surface area contributed by atoms with Gasteiger partial charge in [-0.1, -0.05) is 23.4 Å². The highest BCUT2D eigenvalue weighted by atomic mass is 16.5. The predicted molar refractivity (Wildman–Crippen MR) is 118 cm³/mol. The molecule has 1 aliphatic rings. The van der Waals surface area contributed by atoms with Gasteiger partial charge in [-0.2, -0.15) is 4.98 Å². The number of benzene rings is 1. The van der Waals surface area contributed by atoms with Gasteiger partial charge in [0.2, 0.25) is 17.6 Å². The number of aryl methyl sites for hydroxylation is 1. The third kappa shape index (κ3) is 4.33. The Morgan fingerprint density at radius 1 is 1.24 bits per heavy atom. The number of pyridine rings is 1. The quantitative estimate of drug-likeness (QED) is 0.467. The minimum Gasteiger partial charge on any atom is -0.368 e. The average molecular weight is 446 g/mol. The van der Waals surface area contributed by atoms with Crippen LogP contribution in [0, 0.1) is 6.92 Å². The predicted octanol–water partition coefficient (Wildman–Crippen LogP) is 2.74. The molecule has 0 aliphatic carbocycles. The van der Waals surface area contributed by atoms with Crippen LogP contribution in [-0.4, -0.2) is 44.1 Å². The molecule has 5 rings (SSSR count). The second-order valence-corrected chi connectivity index (χ2v) is 7.79. The maximum Gasteiger partial charge on any atom is 0.274 e. The van der Waals surface area contributed by atoms with E-state index >= 15 is 0 Å². The molecule has 2 amide bonds. The number of nitrogens with zero attached hydrogens (tertiary/aromatic N) is 4. The van der Waals surface area contributed by atoms with Gasteiger partial charge in [0.05, 0.1) is 12.7 Å². The molecule has 0 unspecified atom stereocenters. The fraction of sp³-hybridized carbons (Fsp3) is 0.261. The maximum atomic E-state index is 12.9. The number of fused-ring (bicyclic) bond motifs is 1. The molecule has 2 N–H and O–H groups in total. The Bertz CT molecular complexity index is 1320. The molecular formula is C23H22N6O4. The van der Waals surface area contributed by atoms with E-state index in [9.17, 15) is 9.59 Å². The number of anilines is 1. The van der Waals surface area contributed by atoms with Gasteiger partial charge in [0.25, 0.3) is 5.91 Å². The van der Waals surface area contributed by atoms with Crippen LogP contribution in [0.3, 0.4) is 0 Å². The zero-order valence-corrected chi connectivity index (χ0v) is 17.9. The van der Waals surface area contributed by atoms with Crippen molar-refractivity contribution < 1.29 is 18.8 Å². The standard InChI is InChI=1S/C23H22N6O4/c1-14-7-8-15(21-27-20(33-28-21)13-25-23(31)18-5-4-10-32-18)11-16(14)26-22(30)17-12-24-19-6-2-3-9-29(17)19/h2-3,6-9,11-12,18H,4-5,10,13H2,1H3,(H,25,31)(H,26,30)/t18-/m0/s1. The van der Waals surface area contributed by atoms with Gasteiger partial charge in [0.1, 0.15) is 17.4 Å². The zero-order valence-electron chi connectivity index (χ0n) is 17.9. The number of nitrogens with one attached hydrogen (secondary N) is 2. The molecule has 33 heavy (non-hydrogen) atoms. The van der Waals surface area contributed by atoms with Crippen molar-refractivity contribution in [1.29, 1.82) is 0 Å². The van der Waals surface area contributed by atoms with Gasteiger partial charge < -0.3 is 19.9 Å². The summed E-state index contributed by atoms with van der Waals surface area (Å²) in [5, 5.41) is 9.70. The lowest BCUT2D eigenvalue weighted by atomic mass is 10.1. The molecule has 168 valence electrons. The summed E-state index contributed by atoms with van der Waals surface area (Å²) in [5.41, 5.74) is 3.31. The van der Waals surface area contributed by atoms with E-state index in [-0.39, 0.29) is 24.2 Å². The van der Waals surface area contributed by atoms with E-state index in [2.05, 4.69) is 25.8 Å². The molecule has 3 aromatic heterocycles. The monoisotopic (exact) mass is 446 g/mol. The summed E-state index contributed by atoms with van der Waals surface area (Å²) < 4.78 is 12.4. The largest absolute Gasteiger partial charge is 0.368 e. The molecule has 1 aromatic carbocycles. The van der Waals surface area contributed by atoms with Crippen LogP contribution in [0.15, 0.2) is 53.3 Å². The Morgan fingerprint density at radius 2 is 2.15 bits per heavy atom. The maximum absolute atomic E-state index is 12.9. The first-order valence-electron chi connectivity index (χ1n) is 10.6. The van der Waals surface area contributed by atoms with E-state index in [4.69, 9.17) is 9.26 Å². The number of imidazole rings is 1. The van der Waals surface area contributed by atoms with Crippen molar-refractivity contribution in [2.45, 2.75) is 32.4 Å². The molecule has 1 atom stereocenters. The van der Waals surface area contributed by atoms with Crippen molar-refractivity contribution in [2.24, 2.45) is 0 Å². The molecule has 0 radical (unpaired) electrons. The summed E-state index contributed by atoms with van der Waals surface area (Å²) in [4.78, 5) is 33.6. The number of hydrogen-bond donors (Lipinski definition) is 2. The van der Waals surface area contributed by atoms with Crippen molar-refractivity contribution in [3.8, 4) is 11.4 Å². The number of aromatic nitrogens is 4. The summed E-state index contributed by atoms with van der Waals surface area (Å²) in [7, 11) is 0. The number of hydrogen-bond acceptors (Lipinski definition) is 7. The van der Waals surface area contributed by atoms with Crippen LogP contribution < -0.4 is 10.6 Å².